The lowest BCUT2D eigenvalue weighted by Gasteiger charge is -2.20. The van der Waals surface area contributed by atoms with E-state index in [1.165, 1.54) is 0 Å². The van der Waals surface area contributed by atoms with E-state index in [2.05, 4.69) is 15.0 Å². The molecule has 1 aromatic heterocycles. The van der Waals surface area contributed by atoms with Crippen LogP contribution >= 0.6 is 11.8 Å². The van der Waals surface area contributed by atoms with Crippen LogP contribution in [0, 0.1) is 0 Å². The Bertz CT molecular complexity index is 397. The number of nitrogen functional groups attached to an aromatic ring is 1. The average molecular weight is 270 g/mol. The Morgan fingerprint density at radius 1 is 1.28 bits per heavy atom. The molecule has 18 heavy (non-hydrogen) atoms. The highest BCUT2D eigenvalue weighted by Crippen LogP contribution is 2.28. The molecule has 2 N–H and O–H groups in total. The molecular weight excluding hydrogens is 252 g/mol. The van der Waals surface area contributed by atoms with Crippen LogP contribution < -0.4 is 10.5 Å². The highest BCUT2D eigenvalue weighted by Gasteiger charge is 2.17. The van der Waals surface area contributed by atoms with Crippen LogP contribution in [-0.2, 0) is 4.74 Å². The molecule has 0 radical (unpaired) electrons. The van der Waals surface area contributed by atoms with Crippen LogP contribution in [0.2, 0.25) is 0 Å². The molecule has 1 aromatic rings. The number of rotatable bonds is 4. The molecule has 2 rings (SSSR count). The predicted octanol–water partition coefficient (Wildman–Crippen LogP) is 1.51. The van der Waals surface area contributed by atoms with E-state index < -0.39 is 0 Å². The van der Waals surface area contributed by atoms with Crippen LogP contribution in [0.1, 0.15) is 26.7 Å². The second-order valence-corrected chi connectivity index (χ2v) is 5.62. The summed E-state index contributed by atoms with van der Waals surface area (Å²) < 4.78 is 10.8. The fourth-order valence-electron chi connectivity index (χ4n) is 1.61. The normalized spacial score (nSPS) is 17.1. The van der Waals surface area contributed by atoms with Crippen molar-refractivity contribution in [2.24, 2.45) is 0 Å². The van der Waals surface area contributed by atoms with Gasteiger partial charge >= 0.3 is 6.01 Å². The summed E-state index contributed by atoms with van der Waals surface area (Å²) in [6.07, 6.45) is 2.04. The second-order valence-electron chi connectivity index (χ2n) is 4.35. The van der Waals surface area contributed by atoms with Gasteiger partial charge in [-0.25, -0.2) is 0 Å². The quantitative estimate of drug-likeness (QED) is 0.887. The van der Waals surface area contributed by atoms with Crippen molar-refractivity contribution in [3.63, 3.8) is 0 Å². The minimum atomic E-state index is 0.0210. The minimum absolute atomic E-state index is 0.0210. The molecule has 100 valence electrons. The molecule has 1 saturated heterocycles. The van der Waals surface area contributed by atoms with E-state index in [9.17, 15) is 0 Å². The molecule has 6 nitrogen and oxygen atoms in total. The van der Waals surface area contributed by atoms with Crippen molar-refractivity contribution < 1.29 is 9.47 Å². The van der Waals surface area contributed by atoms with E-state index in [1.54, 1.807) is 11.8 Å². The van der Waals surface area contributed by atoms with Crippen LogP contribution in [0.25, 0.3) is 0 Å². The third-order valence-corrected chi connectivity index (χ3v) is 3.59. The van der Waals surface area contributed by atoms with Crippen LogP contribution in [0.15, 0.2) is 5.16 Å². The van der Waals surface area contributed by atoms with Gasteiger partial charge in [0.15, 0.2) is 5.16 Å². The van der Waals surface area contributed by atoms with Crippen molar-refractivity contribution >= 4 is 17.7 Å². The molecule has 2 heterocycles. The first kappa shape index (κ1) is 13.4. The molecule has 0 bridgehead atoms. The zero-order valence-electron chi connectivity index (χ0n) is 10.6. The number of nitrogens with two attached hydrogens (primary N) is 1. The molecule has 0 spiro atoms. The summed E-state index contributed by atoms with van der Waals surface area (Å²) in [5, 5.41) is 1.11. The second kappa shape index (κ2) is 6.19. The number of nitrogens with zero attached hydrogens (tertiary/aromatic N) is 3. The summed E-state index contributed by atoms with van der Waals surface area (Å²) in [5.74, 6) is 0.204. The van der Waals surface area contributed by atoms with Gasteiger partial charge in [0.05, 0.1) is 6.10 Å². The maximum Gasteiger partial charge on any atom is 0.322 e. The van der Waals surface area contributed by atoms with Gasteiger partial charge in [-0.15, -0.1) is 0 Å². The first-order valence-electron chi connectivity index (χ1n) is 6.06. The van der Waals surface area contributed by atoms with Gasteiger partial charge in [0, 0.05) is 18.5 Å². The third-order valence-electron chi connectivity index (χ3n) is 2.39. The standard InChI is InChI=1S/C11H18N4O2S/c1-7(2)17-10-13-9(12)14-11(15-10)18-8-3-5-16-6-4-8/h7-8H,3-6H2,1-2H3,(H2,12,13,14,15). The highest BCUT2D eigenvalue weighted by atomic mass is 32.2. The Labute approximate surface area is 111 Å². The van der Waals surface area contributed by atoms with Crippen molar-refractivity contribution in [1.82, 2.24) is 15.0 Å². The van der Waals surface area contributed by atoms with Gasteiger partial charge in [0.2, 0.25) is 5.95 Å². The first-order valence-corrected chi connectivity index (χ1v) is 6.94. The summed E-state index contributed by atoms with van der Waals surface area (Å²) in [7, 11) is 0. The van der Waals surface area contributed by atoms with Gasteiger partial charge in [-0.05, 0) is 26.7 Å². The molecule has 0 unspecified atom stereocenters. The van der Waals surface area contributed by atoms with Gasteiger partial charge < -0.3 is 15.2 Å². The number of hydrogen-bond donors (Lipinski definition) is 1. The largest absolute Gasteiger partial charge is 0.461 e. The smallest absolute Gasteiger partial charge is 0.322 e. The molecular formula is C11H18N4O2S. The maximum absolute atomic E-state index is 5.66. The van der Waals surface area contributed by atoms with Gasteiger partial charge in [-0.2, -0.15) is 15.0 Å². The Morgan fingerprint density at radius 2 is 2.00 bits per heavy atom. The van der Waals surface area contributed by atoms with Gasteiger partial charge in [-0.3, -0.25) is 0 Å². The molecule has 0 saturated carbocycles. The summed E-state index contributed by atoms with van der Waals surface area (Å²) in [5.41, 5.74) is 5.66. The van der Waals surface area contributed by atoms with Gasteiger partial charge in [0.25, 0.3) is 0 Å². The van der Waals surface area contributed by atoms with Crippen LogP contribution in [0.5, 0.6) is 6.01 Å². The maximum atomic E-state index is 5.66. The van der Waals surface area contributed by atoms with E-state index >= 15 is 0 Å². The minimum Gasteiger partial charge on any atom is -0.461 e. The third kappa shape index (κ3) is 3.99. The highest BCUT2D eigenvalue weighted by molar-refractivity contribution is 7.99. The molecule has 1 aliphatic rings. The topological polar surface area (TPSA) is 83.2 Å². The van der Waals surface area contributed by atoms with E-state index in [1.807, 2.05) is 13.8 Å². The van der Waals surface area contributed by atoms with Gasteiger partial charge in [-0.1, -0.05) is 11.8 Å². The zero-order valence-corrected chi connectivity index (χ0v) is 11.4. The fraction of sp³-hybridized carbons (Fsp3) is 0.727. The number of aromatic nitrogens is 3. The van der Waals surface area contributed by atoms with Crippen LogP contribution in [0.3, 0.4) is 0 Å². The lowest BCUT2D eigenvalue weighted by atomic mass is 10.2. The summed E-state index contributed by atoms with van der Waals surface area (Å²) in [6, 6.07) is 0.298. The van der Waals surface area contributed by atoms with Crippen molar-refractivity contribution in [2.45, 2.75) is 43.2 Å². The lowest BCUT2D eigenvalue weighted by Crippen LogP contribution is -2.18. The molecule has 1 fully saturated rings. The van der Waals surface area contributed by atoms with E-state index in [-0.39, 0.29) is 12.1 Å². The van der Waals surface area contributed by atoms with Crippen molar-refractivity contribution in [2.75, 3.05) is 18.9 Å². The van der Waals surface area contributed by atoms with E-state index in [0.717, 1.165) is 26.1 Å². The molecule has 7 heteroatoms. The summed E-state index contributed by atoms with van der Waals surface area (Å²) in [4.78, 5) is 12.4. The SMILES string of the molecule is CC(C)Oc1nc(N)nc(SC2CCOCC2)n1. The van der Waals surface area contributed by atoms with Crippen LogP contribution in [-0.4, -0.2) is 39.5 Å². The number of hydrogen-bond acceptors (Lipinski definition) is 7. The van der Waals surface area contributed by atoms with Crippen molar-refractivity contribution in [1.29, 1.82) is 0 Å². The molecule has 0 aliphatic carbocycles. The first-order chi connectivity index (χ1) is 8.63. The van der Waals surface area contributed by atoms with E-state index in [4.69, 9.17) is 15.2 Å². The average Bonchev–Trinajstić information content (AvgIpc) is 2.28. The van der Waals surface area contributed by atoms with Crippen molar-refractivity contribution in [3.8, 4) is 6.01 Å². The Hall–Kier alpha value is -1.08. The number of thioether (sulfide) groups is 1. The predicted molar refractivity (Wildman–Crippen MR) is 69.7 cm³/mol. The monoisotopic (exact) mass is 270 g/mol. The molecule has 1 aliphatic heterocycles. The Kier molecular flexibility index (Phi) is 4.60. The number of anilines is 1. The Morgan fingerprint density at radius 3 is 2.67 bits per heavy atom. The number of ether oxygens (including phenoxy) is 2. The van der Waals surface area contributed by atoms with E-state index in [0.29, 0.717) is 16.4 Å². The molecule has 0 atom stereocenters. The molecule has 0 amide bonds. The fourth-order valence-corrected chi connectivity index (χ4v) is 2.62. The summed E-state index contributed by atoms with van der Waals surface area (Å²) >= 11 is 1.62. The molecule has 0 aromatic carbocycles. The van der Waals surface area contributed by atoms with Crippen LogP contribution in [0.4, 0.5) is 5.95 Å². The van der Waals surface area contributed by atoms with Gasteiger partial charge in [0.1, 0.15) is 0 Å². The zero-order chi connectivity index (χ0) is 13.0. The Balaban J connectivity index is 2.04. The lowest BCUT2D eigenvalue weighted by molar-refractivity contribution is 0.1000. The van der Waals surface area contributed by atoms with Crippen molar-refractivity contribution in [3.05, 3.63) is 0 Å². The summed E-state index contributed by atoms with van der Waals surface area (Å²) in [6.45, 7) is 5.44.